The van der Waals surface area contributed by atoms with Gasteiger partial charge in [0.25, 0.3) is 5.91 Å². The van der Waals surface area contributed by atoms with Gasteiger partial charge in [-0.05, 0) is 23.6 Å². The van der Waals surface area contributed by atoms with Crippen molar-refractivity contribution in [3.63, 3.8) is 0 Å². The van der Waals surface area contributed by atoms with Crippen molar-refractivity contribution in [3.8, 4) is 0 Å². The molecule has 0 saturated carbocycles. The van der Waals surface area contributed by atoms with Crippen molar-refractivity contribution in [2.24, 2.45) is 0 Å². The summed E-state index contributed by atoms with van der Waals surface area (Å²) in [5.41, 5.74) is 0.642. The molecule has 4 nitrogen and oxygen atoms in total. The molecule has 1 aliphatic rings. The topological polar surface area (TPSA) is 49.4 Å². The van der Waals surface area contributed by atoms with Gasteiger partial charge in [0.05, 0.1) is 18.2 Å². The number of hydrogen-bond acceptors (Lipinski definition) is 4. The van der Waals surface area contributed by atoms with E-state index in [0.29, 0.717) is 12.2 Å². The minimum atomic E-state index is -0.426. The number of thiophene rings is 1. The summed E-state index contributed by atoms with van der Waals surface area (Å²) >= 11 is 1.63. The summed E-state index contributed by atoms with van der Waals surface area (Å²) in [7, 11) is 0. The van der Waals surface area contributed by atoms with Gasteiger partial charge in [-0.1, -0.05) is 24.3 Å². The second-order valence-corrected chi connectivity index (χ2v) is 5.65. The number of para-hydroxylation sites is 1. The van der Waals surface area contributed by atoms with Crippen LogP contribution in [0.5, 0.6) is 0 Å². The smallest absolute Gasteiger partial charge is 0.251 e. The van der Waals surface area contributed by atoms with E-state index >= 15 is 0 Å². The lowest BCUT2D eigenvalue weighted by atomic mass is 10.2. The molecule has 20 heavy (non-hydrogen) atoms. The zero-order valence-corrected chi connectivity index (χ0v) is 11.6. The van der Waals surface area contributed by atoms with Crippen LogP contribution in [0.1, 0.15) is 11.3 Å². The number of hydrogen-bond donors (Lipinski definition) is 1. The third-order valence-electron chi connectivity index (χ3n) is 3.26. The molecule has 3 rings (SSSR count). The molecule has 2 heterocycles. The molecule has 0 radical (unpaired) electrons. The highest BCUT2D eigenvalue weighted by Gasteiger charge is 2.39. The number of nitrogens with one attached hydrogen (secondary N) is 1. The van der Waals surface area contributed by atoms with Gasteiger partial charge >= 0.3 is 0 Å². The van der Waals surface area contributed by atoms with E-state index in [-0.39, 0.29) is 18.2 Å². The van der Waals surface area contributed by atoms with Crippen molar-refractivity contribution in [1.29, 1.82) is 0 Å². The van der Waals surface area contributed by atoms with E-state index in [2.05, 4.69) is 5.32 Å². The van der Waals surface area contributed by atoms with Gasteiger partial charge in [0.1, 0.15) is 0 Å². The molecule has 1 fully saturated rings. The van der Waals surface area contributed by atoms with E-state index in [4.69, 9.17) is 0 Å². The summed E-state index contributed by atoms with van der Waals surface area (Å²) < 4.78 is 0. The molecule has 1 aromatic carbocycles. The average molecular weight is 286 g/mol. The lowest BCUT2D eigenvalue weighted by Crippen LogP contribution is -2.38. The van der Waals surface area contributed by atoms with Crippen molar-refractivity contribution in [2.75, 3.05) is 4.90 Å². The van der Waals surface area contributed by atoms with Crippen LogP contribution in [0.2, 0.25) is 0 Å². The SMILES string of the molecule is O=C1C[C@H](NCc2cccs2)C(=O)N1c1ccccc1. The van der Waals surface area contributed by atoms with Gasteiger partial charge in [0, 0.05) is 11.4 Å². The van der Waals surface area contributed by atoms with Gasteiger partial charge in [0.15, 0.2) is 0 Å². The highest BCUT2D eigenvalue weighted by Crippen LogP contribution is 2.22. The predicted molar refractivity (Wildman–Crippen MR) is 78.5 cm³/mol. The lowest BCUT2D eigenvalue weighted by molar-refractivity contribution is -0.121. The number of carbonyl (C=O) groups excluding carboxylic acids is 2. The molecule has 1 N–H and O–H groups in total. The van der Waals surface area contributed by atoms with Crippen molar-refractivity contribution >= 4 is 28.8 Å². The van der Waals surface area contributed by atoms with Crippen LogP contribution in [0.4, 0.5) is 5.69 Å². The predicted octanol–water partition coefficient (Wildman–Crippen LogP) is 2.17. The fourth-order valence-electron chi connectivity index (χ4n) is 2.28. The van der Waals surface area contributed by atoms with Crippen molar-refractivity contribution < 1.29 is 9.59 Å². The summed E-state index contributed by atoms with van der Waals surface area (Å²) in [6, 6.07) is 12.6. The summed E-state index contributed by atoms with van der Waals surface area (Å²) in [5.74, 6) is -0.317. The van der Waals surface area contributed by atoms with Crippen LogP contribution in [-0.2, 0) is 16.1 Å². The first-order valence-corrected chi connectivity index (χ1v) is 7.31. The van der Waals surface area contributed by atoms with Crippen LogP contribution in [0.25, 0.3) is 0 Å². The quantitative estimate of drug-likeness (QED) is 0.876. The molecule has 5 heteroatoms. The van der Waals surface area contributed by atoms with Crippen molar-refractivity contribution in [3.05, 3.63) is 52.7 Å². The number of nitrogens with zero attached hydrogens (tertiary/aromatic N) is 1. The largest absolute Gasteiger partial charge is 0.300 e. The molecule has 2 aromatic rings. The maximum absolute atomic E-state index is 12.3. The van der Waals surface area contributed by atoms with Crippen molar-refractivity contribution in [1.82, 2.24) is 5.32 Å². The molecular weight excluding hydrogens is 272 g/mol. The van der Waals surface area contributed by atoms with Crippen LogP contribution in [0.15, 0.2) is 47.8 Å². The molecule has 1 aromatic heterocycles. The van der Waals surface area contributed by atoms with E-state index in [1.165, 1.54) is 4.90 Å². The Labute approximate surface area is 121 Å². The van der Waals surface area contributed by atoms with Gasteiger partial charge in [0.2, 0.25) is 5.91 Å². The highest BCUT2D eigenvalue weighted by molar-refractivity contribution is 7.09. The molecule has 1 atom stereocenters. The Morgan fingerprint density at radius 2 is 1.95 bits per heavy atom. The Morgan fingerprint density at radius 1 is 1.15 bits per heavy atom. The Balaban J connectivity index is 1.70. The number of amides is 2. The van der Waals surface area contributed by atoms with Crippen LogP contribution < -0.4 is 10.2 Å². The average Bonchev–Trinajstić information content (AvgIpc) is 3.06. The first-order valence-electron chi connectivity index (χ1n) is 6.43. The molecular formula is C15H14N2O2S. The molecule has 0 spiro atoms. The Morgan fingerprint density at radius 3 is 2.65 bits per heavy atom. The minimum absolute atomic E-state index is 0.148. The first kappa shape index (κ1) is 13.0. The van der Waals surface area contributed by atoms with Crippen LogP contribution in [0, 0.1) is 0 Å². The number of anilines is 1. The van der Waals surface area contributed by atoms with Gasteiger partial charge in [-0.3, -0.25) is 9.59 Å². The highest BCUT2D eigenvalue weighted by atomic mass is 32.1. The summed E-state index contributed by atoms with van der Waals surface area (Å²) in [5, 5.41) is 5.16. The minimum Gasteiger partial charge on any atom is -0.300 e. The number of imide groups is 1. The Hall–Kier alpha value is -1.98. The number of carbonyl (C=O) groups is 2. The third kappa shape index (κ3) is 2.50. The molecule has 0 unspecified atom stereocenters. The van der Waals surface area contributed by atoms with E-state index in [9.17, 15) is 9.59 Å². The fourth-order valence-corrected chi connectivity index (χ4v) is 2.93. The standard InChI is InChI=1S/C15H14N2O2S/c18-14-9-13(16-10-12-7-4-8-20-12)15(19)17(14)11-5-2-1-3-6-11/h1-8,13,16H,9-10H2/t13-/m0/s1. The Kier molecular flexibility index (Phi) is 3.62. The van der Waals surface area contributed by atoms with E-state index < -0.39 is 6.04 Å². The third-order valence-corrected chi connectivity index (χ3v) is 4.14. The van der Waals surface area contributed by atoms with Gasteiger partial charge < -0.3 is 5.32 Å². The normalized spacial score (nSPS) is 18.8. The summed E-state index contributed by atoms with van der Waals surface area (Å²) in [6.07, 6.45) is 0.221. The number of benzene rings is 1. The molecule has 0 aliphatic carbocycles. The number of rotatable bonds is 4. The molecule has 0 bridgehead atoms. The molecule has 102 valence electrons. The van der Waals surface area contributed by atoms with Gasteiger partial charge in [-0.25, -0.2) is 4.90 Å². The van der Waals surface area contributed by atoms with E-state index in [0.717, 1.165) is 4.88 Å². The monoisotopic (exact) mass is 286 g/mol. The zero-order valence-electron chi connectivity index (χ0n) is 10.8. The first-order chi connectivity index (χ1) is 9.75. The van der Waals surface area contributed by atoms with Gasteiger partial charge in [-0.15, -0.1) is 11.3 Å². The van der Waals surface area contributed by atoms with Gasteiger partial charge in [-0.2, -0.15) is 0 Å². The fraction of sp³-hybridized carbons (Fsp3) is 0.200. The molecule has 1 saturated heterocycles. The van der Waals surface area contributed by atoms with Crippen LogP contribution >= 0.6 is 11.3 Å². The summed E-state index contributed by atoms with van der Waals surface area (Å²) in [6.45, 7) is 0.615. The Bertz CT molecular complexity index is 610. The zero-order chi connectivity index (χ0) is 13.9. The molecule has 2 amide bonds. The maximum Gasteiger partial charge on any atom is 0.251 e. The molecule has 1 aliphatic heterocycles. The summed E-state index contributed by atoms with van der Waals surface area (Å²) in [4.78, 5) is 26.8. The maximum atomic E-state index is 12.3. The lowest BCUT2D eigenvalue weighted by Gasteiger charge is -2.15. The van der Waals surface area contributed by atoms with Crippen LogP contribution in [0.3, 0.4) is 0 Å². The second kappa shape index (κ2) is 5.56. The van der Waals surface area contributed by atoms with Crippen LogP contribution in [-0.4, -0.2) is 17.9 Å². The second-order valence-electron chi connectivity index (χ2n) is 4.62. The van der Waals surface area contributed by atoms with Crippen molar-refractivity contribution in [2.45, 2.75) is 19.0 Å². The van der Waals surface area contributed by atoms with E-state index in [1.54, 1.807) is 23.5 Å². The van der Waals surface area contributed by atoms with E-state index in [1.807, 2.05) is 35.7 Å².